The first-order valence-corrected chi connectivity index (χ1v) is 16.1. The Labute approximate surface area is 276 Å². The molecule has 10 aromatic rings. The highest BCUT2D eigenvalue weighted by Gasteiger charge is 2.16. The van der Waals surface area contributed by atoms with Crippen LogP contribution in [0.1, 0.15) is 0 Å². The van der Waals surface area contributed by atoms with Crippen LogP contribution in [0.25, 0.3) is 88.4 Å². The molecule has 5 heteroatoms. The monoisotopic (exact) mass is 613 g/mol. The quantitative estimate of drug-likeness (QED) is 0.198. The van der Waals surface area contributed by atoms with Gasteiger partial charge >= 0.3 is 0 Å². The van der Waals surface area contributed by atoms with Crippen molar-refractivity contribution in [1.82, 2.24) is 24.1 Å². The lowest BCUT2D eigenvalue weighted by Gasteiger charge is -2.11. The van der Waals surface area contributed by atoms with E-state index in [9.17, 15) is 0 Å². The number of hydrogen-bond acceptors (Lipinski definition) is 3. The lowest BCUT2D eigenvalue weighted by atomic mass is 10.0. The van der Waals surface area contributed by atoms with Crippen molar-refractivity contribution in [2.75, 3.05) is 0 Å². The van der Waals surface area contributed by atoms with Gasteiger partial charge in [-0.25, -0.2) is 9.97 Å². The maximum Gasteiger partial charge on any atom is 0.159 e. The number of hydrogen-bond donors (Lipinski definition) is 0. The Morgan fingerprint density at radius 1 is 0.375 bits per heavy atom. The second-order valence-electron chi connectivity index (χ2n) is 12.1. The van der Waals surface area contributed by atoms with Crippen molar-refractivity contribution in [2.24, 2.45) is 0 Å². The summed E-state index contributed by atoms with van der Waals surface area (Å²) in [5.41, 5.74) is 11.9. The van der Waals surface area contributed by atoms with E-state index in [-0.39, 0.29) is 0 Å². The summed E-state index contributed by atoms with van der Waals surface area (Å²) in [6.07, 6.45) is 5.63. The van der Waals surface area contributed by atoms with Crippen LogP contribution in [0.3, 0.4) is 0 Å². The van der Waals surface area contributed by atoms with E-state index < -0.39 is 0 Å². The van der Waals surface area contributed by atoms with Crippen molar-refractivity contribution >= 4 is 54.6 Å². The Morgan fingerprint density at radius 3 is 1.54 bits per heavy atom. The minimum Gasteiger partial charge on any atom is -0.309 e. The minimum atomic E-state index is 0.754. The molecule has 0 aliphatic rings. The molecule has 0 atom stereocenters. The molecule has 5 aromatic heterocycles. The zero-order valence-electron chi connectivity index (χ0n) is 25.8. The molecule has 0 amide bonds. The molecule has 0 saturated heterocycles. The van der Waals surface area contributed by atoms with Gasteiger partial charge in [-0.3, -0.25) is 4.98 Å². The predicted molar refractivity (Wildman–Crippen MR) is 197 cm³/mol. The van der Waals surface area contributed by atoms with E-state index in [4.69, 9.17) is 4.98 Å². The zero-order valence-corrected chi connectivity index (χ0v) is 25.8. The van der Waals surface area contributed by atoms with Crippen molar-refractivity contribution < 1.29 is 0 Å². The van der Waals surface area contributed by atoms with Crippen LogP contribution >= 0.6 is 0 Å². The molecule has 0 bridgehead atoms. The highest BCUT2D eigenvalue weighted by Crippen LogP contribution is 2.36. The number of benzene rings is 5. The van der Waals surface area contributed by atoms with Gasteiger partial charge in [0.15, 0.2) is 5.65 Å². The molecule has 5 heterocycles. The summed E-state index contributed by atoms with van der Waals surface area (Å²) in [5, 5.41) is 5.95. The zero-order chi connectivity index (χ0) is 31.6. The largest absolute Gasteiger partial charge is 0.309 e. The van der Waals surface area contributed by atoms with Crippen LogP contribution in [0.5, 0.6) is 0 Å². The maximum absolute atomic E-state index is 5.01. The van der Waals surface area contributed by atoms with Crippen LogP contribution < -0.4 is 0 Å². The Balaban J connectivity index is 1.06. The van der Waals surface area contributed by atoms with E-state index in [0.717, 1.165) is 55.8 Å². The number of aromatic nitrogens is 5. The Kier molecular flexibility index (Phi) is 5.81. The summed E-state index contributed by atoms with van der Waals surface area (Å²) < 4.78 is 4.65. The SMILES string of the molecule is c1cnc2nccc(-c3ccc(-n4c5ccccc5c5cc(-c6ccc(-n7c8ccccc8c8ccccc87)cc6)ncc54)cc3)c2c1. The second kappa shape index (κ2) is 10.5. The topological polar surface area (TPSA) is 48.5 Å². The first-order valence-electron chi connectivity index (χ1n) is 16.1. The lowest BCUT2D eigenvalue weighted by molar-refractivity contribution is 1.16. The molecule has 0 N–H and O–H groups in total. The van der Waals surface area contributed by atoms with Crippen LogP contribution in [0.15, 0.2) is 164 Å². The van der Waals surface area contributed by atoms with Crippen molar-refractivity contribution in [3.8, 4) is 33.8 Å². The molecule has 10 rings (SSSR count). The standard InChI is InChI=1S/C43H27N5/c1-4-12-39-33(8-1)34-9-2-5-13-40(34)47(39)30-21-17-29(18-22-30)38-26-37-35-10-3-6-14-41(35)48(42(37)27-46-38)31-19-15-28(16-20-31)32-23-25-45-43-36(32)11-7-24-44-43/h1-27H. The fourth-order valence-corrected chi connectivity index (χ4v) is 7.31. The van der Waals surface area contributed by atoms with Gasteiger partial charge in [0.25, 0.3) is 0 Å². The smallest absolute Gasteiger partial charge is 0.159 e. The number of nitrogens with zero attached hydrogens (tertiary/aromatic N) is 5. The Morgan fingerprint density at radius 2 is 0.896 bits per heavy atom. The number of fused-ring (bicyclic) bond motifs is 7. The van der Waals surface area contributed by atoms with Crippen LogP contribution in [-0.4, -0.2) is 24.1 Å². The van der Waals surface area contributed by atoms with Crippen molar-refractivity contribution in [1.29, 1.82) is 0 Å². The normalized spacial score (nSPS) is 11.8. The molecule has 224 valence electrons. The highest BCUT2D eigenvalue weighted by atomic mass is 15.0. The van der Waals surface area contributed by atoms with Crippen LogP contribution in [0.4, 0.5) is 0 Å². The van der Waals surface area contributed by atoms with Crippen molar-refractivity contribution in [3.05, 3.63) is 164 Å². The molecule has 48 heavy (non-hydrogen) atoms. The molecular formula is C43H27N5. The van der Waals surface area contributed by atoms with Gasteiger partial charge in [-0.1, -0.05) is 78.9 Å². The van der Waals surface area contributed by atoms with Gasteiger partial charge < -0.3 is 9.13 Å². The fourth-order valence-electron chi connectivity index (χ4n) is 7.31. The number of pyridine rings is 3. The molecule has 0 spiro atoms. The summed E-state index contributed by atoms with van der Waals surface area (Å²) in [5.74, 6) is 0. The third-order valence-electron chi connectivity index (χ3n) is 9.51. The molecule has 0 aliphatic heterocycles. The molecule has 0 radical (unpaired) electrons. The minimum absolute atomic E-state index is 0.754. The van der Waals surface area contributed by atoms with E-state index in [1.165, 1.54) is 32.6 Å². The van der Waals surface area contributed by atoms with Crippen molar-refractivity contribution in [3.63, 3.8) is 0 Å². The maximum atomic E-state index is 5.01. The van der Waals surface area contributed by atoms with Gasteiger partial charge in [0.05, 0.1) is 34.0 Å². The Bertz CT molecular complexity index is 2770. The van der Waals surface area contributed by atoms with Gasteiger partial charge in [-0.15, -0.1) is 0 Å². The van der Waals surface area contributed by atoms with Crippen LogP contribution in [0, 0.1) is 0 Å². The average Bonchev–Trinajstić information content (AvgIpc) is 3.67. The van der Waals surface area contributed by atoms with Crippen molar-refractivity contribution in [2.45, 2.75) is 0 Å². The van der Waals surface area contributed by atoms with Gasteiger partial charge in [0, 0.05) is 56.3 Å². The predicted octanol–water partition coefficient (Wildman–Crippen LogP) is 10.6. The van der Waals surface area contributed by atoms with Gasteiger partial charge in [0.2, 0.25) is 0 Å². The second-order valence-corrected chi connectivity index (χ2v) is 12.1. The number of para-hydroxylation sites is 3. The molecule has 0 aliphatic carbocycles. The molecule has 5 nitrogen and oxygen atoms in total. The number of rotatable bonds is 4. The van der Waals surface area contributed by atoms with Gasteiger partial charge in [0.1, 0.15) is 0 Å². The van der Waals surface area contributed by atoms with E-state index in [0.29, 0.717) is 0 Å². The van der Waals surface area contributed by atoms with Crippen LogP contribution in [0.2, 0.25) is 0 Å². The Hall–Kier alpha value is -6.59. The molecule has 0 unspecified atom stereocenters. The third kappa shape index (κ3) is 4.01. The molecule has 0 fully saturated rings. The summed E-state index contributed by atoms with van der Waals surface area (Å²) in [7, 11) is 0. The molecular weight excluding hydrogens is 587 g/mol. The average molecular weight is 614 g/mol. The van der Waals surface area contributed by atoms with Gasteiger partial charge in [-0.2, -0.15) is 0 Å². The van der Waals surface area contributed by atoms with Crippen LogP contribution in [-0.2, 0) is 0 Å². The summed E-state index contributed by atoms with van der Waals surface area (Å²) in [6.45, 7) is 0. The first kappa shape index (κ1) is 26.6. The fraction of sp³-hybridized carbons (Fsp3) is 0. The summed E-state index contributed by atoms with van der Waals surface area (Å²) in [4.78, 5) is 13.9. The third-order valence-corrected chi connectivity index (χ3v) is 9.51. The highest BCUT2D eigenvalue weighted by molar-refractivity contribution is 6.10. The molecule has 5 aromatic carbocycles. The van der Waals surface area contributed by atoms with E-state index in [1.54, 1.807) is 6.20 Å². The summed E-state index contributed by atoms with van der Waals surface area (Å²) >= 11 is 0. The first-order chi connectivity index (χ1) is 23.8. The van der Waals surface area contributed by atoms with E-state index in [2.05, 4.69) is 159 Å². The lowest BCUT2D eigenvalue weighted by Crippen LogP contribution is -1.95. The molecule has 0 saturated carbocycles. The summed E-state index contributed by atoms with van der Waals surface area (Å²) in [6, 6.07) is 51.6. The van der Waals surface area contributed by atoms with Gasteiger partial charge in [-0.05, 0) is 77.9 Å². The van der Waals surface area contributed by atoms with E-state index in [1.807, 2.05) is 18.5 Å². The van der Waals surface area contributed by atoms with E-state index >= 15 is 0 Å².